The maximum absolute atomic E-state index is 13.2. The zero-order valence-electron chi connectivity index (χ0n) is 17.2. The smallest absolute Gasteiger partial charge is 0.242 e. The van der Waals surface area contributed by atoms with Gasteiger partial charge in [-0.2, -0.15) is 0 Å². The average Bonchev–Trinajstić information content (AvgIpc) is 3.45. The first-order valence-electron chi connectivity index (χ1n) is 10.4. The average molecular weight is 420 g/mol. The van der Waals surface area contributed by atoms with Crippen molar-refractivity contribution in [2.75, 3.05) is 18.8 Å². The molecule has 0 spiro atoms. The zero-order valence-corrected chi connectivity index (χ0v) is 17.2. The molecule has 0 unspecified atom stereocenters. The van der Waals surface area contributed by atoms with Gasteiger partial charge in [-0.3, -0.25) is 4.79 Å². The highest BCUT2D eigenvalue weighted by Crippen LogP contribution is 2.27. The van der Waals surface area contributed by atoms with E-state index in [2.05, 4.69) is 21.9 Å². The molecule has 10 nitrogen and oxygen atoms in total. The molecule has 3 N–H and O–H groups in total. The number of nitrogens with two attached hydrogens (primary N) is 1. The molecule has 1 amide bonds. The van der Waals surface area contributed by atoms with Crippen molar-refractivity contribution in [3.63, 3.8) is 0 Å². The van der Waals surface area contributed by atoms with Crippen molar-refractivity contribution in [2.24, 2.45) is 0 Å². The summed E-state index contributed by atoms with van der Waals surface area (Å²) in [6.45, 7) is 2.90. The molecule has 4 aromatic rings. The van der Waals surface area contributed by atoms with E-state index in [-0.39, 0.29) is 25.0 Å². The van der Waals surface area contributed by atoms with Gasteiger partial charge in [0.05, 0.1) is 29.5 Å². The summed E-state index contributed by atoms with van der Waals surface area (Å²) >= 11 is 0. The van der Waals surface area contributed by atoms with Gasteiger partial charge in [0.25, 0.3) is 0 Å². The normalized spacial score (nSPS) is 19.0. The van der Waals surface area contributed by atoms with E-state index in [4.69, 9.17) is 10.7 Å². The molecule has 1 aliphatic rings. The van der Waals surface area contributed by atoms with Gasteiger partial charge in [0, 0.05) is 19.5 Å². The van der Waals surface area contributed by atoms with E-state index in [0.717, 1.165) is 29.7 Å². The van der Waals surface area contributed by atoms with Crippen LogP contribution in [0.4, 0.5) is 5.82 Å². The molecule has 31 heavy (non-hydrogen) atoms. The fourth-order valence-electron chi connectivity index (χ4n) is 4.31. The molecular weight excluding hydrogens is 396 g/mol. The van der Waals surface area contributed by atoms with Crippen molar-refractivity contribution in [3.05, 3.63) is 42.7 Å². The number of hydrogen-bond donors (Lipinski definition) is 2. The molecule has 160 valence electrons. The predicted octanol–water partition coefficient (Wildman–Crippen LogP) is 1.16. The van der Waals surface area contributed by atoms with Gasteiger partial charge in [0.2, 0.25) is 5.91 Å². The molecule has 1 fully saturated rings. The number of amides is 1. The molecule has 0 radical (unpaired) electrons. The predicted molar refractivity (Wildman–Crippen MR) is 115 cm³/mol. The standard InChI is InChI=1S/C21H24N8O2/c1-2-5-17-26-13-6-3-4-7-14(13)28(17)10-18(31)27-8-15(16(30)9-27)29-12-25-19-20(22)23-11-24-21(19)29/h3-4,6-7,11-12,15-16,30H,2,5,8-10H2,1H3,(H2,22,23,24)/t15-,16-/m1/s1. The second kappa shape index (κ2) is 7.62. The number of anilines is 1. The molecular formula is C21H24N8O2. The van der Waals surface area contributed by atoms with Crippen LogP contribution in [0.3, 0.4) is 0 Å². The van der Waals surface area contributed by atoms with E-state index >= 15 is 0 Å². The number of fused-ring (bicyclic) bond motifs is 2. The van der Waals surface area contributed by atoms with Crippen LogP contribution in [0.1, 0.15) is 25.2 Å². The molecule has 1 aromatic carbocycles. The Bertz CT molecular complexity index is 1260. The summed E-state index contributed by atoms with van der Waals surface area (Å²) in [7, 11) is 0. The fraction of sp³-hybridized carbons (Fsp3) is 0.381. The number of β-amino-alcohol motifs (C(OH)–C–C–N with tert-alkyl or cyclic N) is 1. The van der Waals surface area contributed by atoms with Crippen molar-refractivity contribution in [3.8, 4) is 0 Å². The van der Waals surface area contributed by atoms with Gasteiger partial charge in [-0.25, -0.2) is 19.9 Å². The van der Waals surface area contributed by atoms with Crippen LogP contribution in [0.2, 0.25) is 0 Å². The Hall–Kier alpha value is -3.53. The summed E-state index contributed by atoms with van der Waals surface area (Å²) in [5.74, 6) is 1.14. The quantitative estimate of drug-likeness (QED) is 0.496. The number of aromatic nitrogens is 6. The second-order valence-corrected chi connectivity index (χ2v) is 7.87. The van der Waals surface area contributed by atoms with Crippen molar-refractivity contribution in [1.29, 1.82) is 0 Å². The number of nitrogen functional groups attached to an aromatic ring is 1. The van der Waals surface area contributed by atoms with Crippen molar-refractivity contribution >= 4 is 33.9 Å². The Morgan fingerprint density at radius 1 is 1.23 bits per heavy atom. The number of imidazole rings is 2. The lowest BCUT2D eigenvalue weighted by molar-refractivity contribution is -0.131. The number of rotatable bonds is 5. The van der Waals surface area contributed by atoms with E-state index in [9.17, 15) is 9.90 Å². The third-order valence-electron chi connectivity index (χ3n) is 5.86. The van der Waals surface area contributed by atoms with E-state index in [1.54, 1.807) is 15.8 Å². The molecule has 1 saturated heterocycles. The van der Waals surface area contributed by atoms with Crippen LogP contribution in [0.5, 0.6) is 0 Å². The Morgan fingerprint density at radius 2 is 2.06 bits per heavy atom. The first-order chi connectivity index (χ1) is 15.1. The van der Waals surface area contributed by atoms with Crippen molar-refractivity contribution in [2.45, 2.75) is 38.5 Å². The summed E-state index contributed by atoms with van der Waals surface area (Å²) in [6, 6.07) is 7.50. The molecule has 10 heteroatoms. The van der Waals surface area contributed by atoms with E-state index in [1.165, 1.54) is 6.33 Å². The lowest BCUT2D eigenvalue weighted by Crippen LogP contribution is -2.33. The Morgan fingerprint density at radius 3 is 2.90 bits per heavy atom. The van der Waals surface area contributed by atoms with Crippen LogP contribution in [-0.2, 0) is 17.8 Å². The van der Waals surface area contributed by atoms with Crippen LogP contribution >= 0.6 is 0 Å². The minimum atomic E-state index is -0.729. The monoisotopic (exact) mass is 420 g/mol. The largest absolute Gasteiger partial charge is 0.389 e. The first-order valence-corrected chi connectivity index (χ1v) is 10.4. The minimum absolute atomic E-state index is 0.0550. The second-order valence-electron chi connectivity index (χ2n) is 7.87. The molecule has 2 atom stereocenters. The maximum Gasteiger partial charge on any atom is 0.242 e. The van der Waals surface area contributed by atoms with Crippen LogP contribution < -0.4 is 5.73 Å². The number of para-hydroxylation sites is 2. The number of aryl methyl sites for hydroxylation is 1. The van der Waals surface area contributed by atoms with Gasteiger partial charge in [-0.1, -0.05) is 19.1 Å². The number of benzene rings is 1. The van der Waals surface area contributed by atoms with Gasteiger partial charge >= 0.3 is 0 Å². The number of hydrogen-bond acceptors (Lipinski definition) is 7. The molecule has 0 aliphatic carbocycles. The highest BCUT2D eigenvalue weighted by Gasteiger charge is 2.36. The minimum Gasteiger partial charge on any atom is -0.389 e. The molecule has 0 bridgehead atoms. The zero-order chi connectivity index (χ0) is 21.5. The Balaban J connectivity index is 1.40. The van der Waals surface area contributed by atoms with Gasteiger partial charge < -0.3 is 24.9 Å². The van der Waals surface area contributed by atoms with Crippen molar-refractivity contribution in [1.82, 2.24) is 34.0 Å². The molecule has 4 heterocycles. The van der Waals surface area contributed by atoms with Gasteiger partial charge in [0.1, 0.15) is 24.2 Å². The fourth-order valence-corrected chi connectivity index (χ4v) is 4.31. The maximum atomic E-state index is 13.2. The highest BCUT2D eigenvalue weighted by molar-refractivity contribution is 5.82. The molecule has 5 rings (SSSR count). The third kappa shape index (κ3) is 3.28. The van der Waals surface area contributed by atoms with Crippen LogP contribution in [0, 0.1) is 0 Å². The van der Waals surface area contributed by atoms with E-state index < -0.39 is 6.10 Å². The summed E-state index contributed by atoms with van der Waals surface area (Å²) in [4.78, 5) is 32.1. The summed E-state index contributed by atoms with van der Waals surface area (Å²) in [5.41, 5.74) is 8.76. The van der Waals surface area contributed by atoms with Crippen LogP contribution in [0.25, 0.3) is 22.2 Å². The summed E-state index contributed by atoms with van der Waals surface area (Å²) < 4.78 is 3.77. The Kier molecular flexibility index (Phi) is 4.78. The van der Waals surface area contributed by atoms with Crippen LogP contribution in [-0.4, -0.2) is 64.2 Å². The van der Waals surface area contributed by atoms with E-state index in [1.807, 2.05) is 28.8 Å². The van der Waals surface area contributed by atoms with Crippen molar-refractivity contribution < 1.29 is 9.90 Å². The lowest BCUT2D eigenvalue weighted by atomic mass is 10.2. The van der Waals surface area contributed by atoms with Gasteiger partial charge in [-0.15, -0.1) is 0 Å². The number of nitrogens with zero attached hydrogens (tertiary/aromatic N) is 7. The summed E-state index contributed by atoms with van der Waals surface area (Å²) in [5, 5.41) is 10.7. The Labute approximate surface area is 178 Å². The molecule has 1 aliphatic heterocycles. The highest BCUT2D eigenvalue weighted by atomic mass is 16.3. The first kappa shape index (κ1) is 19.4. The van der Waals surface area contributed by atoms with Gasteiger partial charge in [-0.05, 0) is 18.6 Å². The lowest BCUT2D eigenvalue weighted by Gasteiger charge is -2.18. The number of carbonyl (C=O) groups excluding carboxylic acids is 1. The number of aliphatic hydroxyl groups is 1. The number of likely N-dealkylation sites (tertiary alicyclic amines) is 1. The third-order valence-corrected chi connectivity index (χ3v) is 5.86. The molecule has 3 aromatic heterocycles. The number of carbonyl (C=O) groups is 1. The SMILES string of the molecule is CCCc1nc2ccccc2n1CC(=O)N1C[C@@H](O)[C@H](n2cnc3c(N)ncnc32)C1. The topological polar surface area (TPSA) is 128 Å². The van der Waals surface area contributed by atoms with E-state index in [0.29, 0.717) is 23.5 Å². The van der Waals surface area contributed by atoms with Gasteiger partial charge in [0.15, 0.2) is 11.5 Å². The van der Waals surface area contributed by atoms with Crippen LogP contribution in [0.15, 0.2) is 36.9 Å². The number of aliphatic hydroxyl groups excluding tert-OH is 1. The molecule has 0 saturated carbocycles. The summed E-state index contributed by atoms with van der Waals surface area (Å²) in [6.07, 6.45) is 3.99.